The number of amidine groups is 1. The largest absolute Gasteiger partial charge is 0.444 e. The van der Waals surface area contributed by atoms with E-state index in [1.807, 2.05) is 0 Å². The number of nitrogens with two attached hydrogens (primary N) is 2. The molecule has 0 aromatic heterocycles. The Bertz CT molecular complexity index is 410. The van der Waals surface area contributed by atoms with Crippen LogP contribution in [0.1, 0.15) is 26.3 Å². The van der Waals surface area contributed by atoms with E-state index in [0.29, 0.717) is 5.56 Å². The van der Waals surface area contributed by atoms with Gasteiger partial charge in [0.15, 0.2) is 0 Å². The highest BCUT2D eigenvalue weighted by molar-refractivity contribution is 5.94. The van der Waals surface area contributed by atoms with E-state index in [9.17, 15) is 9.18 Å². The molecular weight excluding hydrogens is 237 g/mol. The van der Waals surface area contributed by atoms with Crippen LogP contribution in [-0.2, 0) is 4.74 Å². The first-order valence-electron chi connectivity index (χ1n) is 5.20. The number of amides is 1. The monoisotopic (exact) mass is 255 g/mol. The van der Waals surface area contributed by atoms with Gasteiger partial charge in [-0.2, -0.15) is 0 Å². The molecule has 100 valence electrons. The molecule has 0 saturated heterocycles. The van der Waals surface area contributed by atoms with E-state index in [0.717, 1.165) is 0 Å². The summed E-state index contributed by atoms with van der Waals surface area (Å²) < 4.78 is 16.8. The van der Waals surface area contributed by atoms with Gasteiger partial charge < -0.3 is 16.2 Å². The molecule has 1 rings (SSSR count). The molecule has 0 spiro atoms. The molecule has 0 fully saturated rings. The van der Waals surface area contributed by atoms with E-state index in [-0.39, 0.29) is 11.7 Å². The highest BCUT2D eigenvalue weighted by atomic mass is 19.1. The van der Waals surface area contributed by atoms with Crippen molar-refractivity contribution in [1.82, 2.24) is 0 Å². The van der Waals surface area contributed by atoms with Crippen molar-refractivity contribution in [3.05, 3.63) is 35.6 Å². The summed E-state index contributed by atoms with van der Waals surface area (Å²) >= 11 is 0. The molecule has 1 amide bonds. The Morgan fingerprint density at radius 1 is 1.22 bits per heavy atom. The third kappa shape index (κ3) is 8.09. The van der Waals surface area contributed by atoms with Crippen LogP contribution in [0.2, 0.25) is 0 Å². The zero-order valence-electron chi connectivity index (χ0n) is 10.7. The van der Waals surface area contributed by atoms with Gasteiger partial charge in [-0.15, -0.1) is 0 Å². The lowest BCUT2D eigenvalue weighted by Crippen LogP contribution is -2.27. The Morgan fingerprint density at radius 2 is 1.67 bits per heavy atom. The normalized spacial score (nSPS) is 10.0. The standard InChI is InChI=1S/C7H7FN2.C5H11NO2/c8-6-3-1-5(2-4-6)7(9)10;1-5(2,3)8-4(6)7/h1-4H,(H3,9,10);1-3H3,(H2,6,7). The summed E-state index contributed by atoms with van der Waals surface area (Å²) in [5.41, 5.74) is 9.93. The van der Waals surface area contributed by atoms with Crippen molar-refractivity contribution >= 4 is 11.9 Å². The van der Waals surface area contributed by atoms with Crippen LogP contribution in [0.15, 0.2) is 24.3 Å². The summed E-state index contributed by atoms with van der Waals surface area (Å²) in [5.74, 6) is -0.356. The number of carbonyl (C=O) groups is 1. The van der Waals surface area contributed by atoms with E-state index >= 15 is 0 Å². The number of ether oxygens (including phenoxy) is 1. The van der Waals surface area contributed by atoms with Crippen molar-refractivity contribution < 1.29 is 13.9 Å². The minimum atomic E-state index is -0.725. The van der Waals surface area contributed by atoms with Crippen molar-refractivity contribution in [1.29, 1.82) is 5.41 Å². The van der Waals surface area contributed by atoms with Gasteiger partial charge in [0.25, 0.3) is 0 Å². The predicted molar refractivity (Wildman–Crippen MR) is 67.8 cm³/mol. The smallest absolute Gasteiger partial charge is 0.405 e. The average molecular weight is 255 g/mol. The SMILES string of the molecule is CC(C)(C)OC(N)=O.N=C(N)c1ccc(F)cc1. The van der Waals surface area contributed by atoms with Gasteiger partial charge >= 0.3 is 6.09 Å². The molecule has 5 N–H and O–H groups in total. The van der Waals surface area contributed by atoms with Gasteiger partial charge in [-0.1, -0.05) is 0 Å². The number of primary amides is 1. The number of hydrogen-bond donors (Lipinski definition) is 3. The highest BCUT2D eigenvalue weighted by Gasteiger charge is 2.12. The number of rotatable bonds is 1. The van der Waals surface area contributed by atoms with Crippen LogP contribution in [0.25, 0.3) is 0 Å². The molecule has 0 bridgehead atoms. The number of hydrogen-bond acceptors (Lipinski definition) is 3. The maximum absolute atomic E-state index is 12.2. The van der Waals surface area contributed by atoms with Crippen LogP contribution in [0.4, 0.5) is 9.18 Å². The summed E-state index contributed by atoms with van der Waals surface area (Å²) in [6.45, 7) is 5.28. The van der Waals surface area contributed by atoms with Crippen LogP contribution in [0.3, 0.4) is 0 Å². The second-order valence-electron chi connectivity index (χ2n) is 4.45. The van der Waals surface area contributed by atoms with Gasteiger partial charge in [-0.05, 0) is 45.0 Å². The number of nitrogen functional groups attached to an aromatic ring is 1. The Morgan fingerprint density at radius 3 is 1.89 bits per heavy atom. The second kappa shape index (κ2) is 6.58. The third-order valence-electron chi connectivity index (χ3n) is 1.56. The highest BCUT2D eigenvalue weighted by Crippen LogP contribution is 2.04. The molecule has 0 unspecified atom stereocenters. The minimum Gasteiger partial charge on any atom is -0.444 e. The molecule has 0 aliphatic rings. The van der Waals surface area contributed by atoms with Gasteiger partial charge in [0.1, 0.15) is 17.3 Å². The fourth-order valence-electron chi connectivity index (χ4n) is 0.931. The van der Waals surface area contributed by atoms with Crippen LogP contribution < -0.4 is 11.5 Å². The lowest BCUT2D eigenvalue weighted by molar-refractivity contribution is 0.0600. The van der Waals surface area contributed by atoms with E-state index in [1.54, 1.807) is 20.8 Å². The maximum Gasteiger partial charge on any atom is 0.405 e. The van der Waals surface area contributed by atoms with Crippen LogP contribution in [0.5, 0.6) is 0 Å². The van der Waals surface area contributed by atoms with Crippen molar-refractivity contribution in [2.45, 2.75) is 26.4 Å². The lowest BCUT2D eigenvalue weighted by atomic mass is 10.2. The fraction of sp³-hybridized carbons (Fsp3) is 0.333. The molecule has 0 saturated carbocycles. The molecule has 0 aliphatic heterocycles. The second-order valence-corrected chi connectivity index (χ2v) is 4.45. The summed E-state index contributed by atoms with van der Waals surface area (Å²) in [5, 5.41) is 6.96. The summed E-state index contributed by atoms with van der Waals surface area (Å²) in [7, 11) is 0. The minimum absolute atomic E-state index is 0.0417. The first-order chi connectivity index (χ1) is 8.11. The molecule has 0 radical (unpaired) electrons. The van der Waals surface area contributed by atoms with Gasteiger partial charge in [-0.25, -0.2) is 9.18 Å². The first-order valence-corrected chi connectivity index (χ1v) is 5.20. The first kappa shape index (κ1) is 15.9. The molecule has 0 aliphatic carbocycles. The van der Waals surface area contributed by atoms with E-state index in [2.05, 4.69) is 4.74 Å². The molecular formula is C12H18FN3O2. The predicted octanol–water partition coefficient (Wildman–Crippen LogP) is 1.99. The molecule has 0 heterocycles. The maximum atomic E-state index is 12.2. The quantitative estimate of drug-likeness (QED) is 0.528. The van der Waals surface area contributed by atoms with Crippen LogP contribution >= 0.6 is 0 Å². The van der Waals surface area contributed by atoms with Crippen molar-refractivity contribution in [2.75, 3.05) is 0 Å². The number of nitrogens with one attached hydrogen (secondary N) is 1. The van der Waals surface area contributed by atoms with E-state index in [4.69, 9.17) is 16.9 Å². The zero-order valence-corrected chi connectivity index (χ0v) is 10.7. The number of halogens is 1. The lowest BCUT2D eigenvalue weighted by Gasteiger charge is -2.16. The Labute approximate surface area is 105 Å². The van der Waals surface area contributed by atoms with Crippen molar-refractivity contribution in [3.63, 3.8) is 0 Å². The van der Waals surface area contributed by atoms with Gasteiger partial charge in [0, 0.05) is 5.56 Å². The van der Waals surface area contributed by atoms with E-state index in [1.165, 1.54) is 24.3 Å². The fourth-order valence-corrected chi connectivity index (χ4v) is 0.931. The molecule has 1 aromatic rings. The third-order valence-corrected chi connectivity index (χ3v) is 1.56. The number of benzene rings is 1. The van der Waals surface area contributed by atoms with Crippen LogP contribution in [0, 0.1) is 11.2 Å². The topological polar surface area (TPSA) is 102 Å². The Hall–Kier alpha value is -2.11. The molecule has 1 aromatic carbocycles. The Kier molecular flexibility index (Phi) is 5.81. The van der Waals surface area contributed by atoms with Crippen LogP contribution in [-0.4, -0.2) is 17.5 Å². The molecule has 6 heteroatoms. The Balaban J connectivity index is 0.000000331. The summed E-state index contributed by atoms with van der Waals surface area (Å²) in [4.78, 5) is 10.0. The average Bonchev–Trinajstić information content (AvgIpc) is 2.15. The zero-order chi connectivity index (χ0) is 14.3. The molecule has 18 heavy (non-hydrogen) atoms. The summed E-state index contributed by atoms with van der Waals surface area (Å²) in [6.07, 6.45) is -0.725. The van der Waals surface area contributed by atoms with E-state index < -0.39 is 11.7 Å². The van der Waals surface area contributed by atoms with Gasteiger partial charge in [-0.3, -0.25) is 5.41 Å². The summed E-state index contributed by atoms with van der Waals surface area (Å²) in [6, 6.07) is 5.49. The van der Waals surface area contributed by atoms with Crippen molar-refractivity contribution in [2.24, 2.45) is 11.5 Å². The number of carbonyl (C=O) groups excluding carboxylic acids is 1. The van der Waals surface area contributed by atoms with Gasteiger partial charge in [0.05, 0.1) is 0 Å². The molecule has 5 nitrogen and oxygen atoms in total. The van der Waals surface area contributed by atoms with Crippen molar-refractivity contribution in [3.8, 4) is 0 Å². The van der Waals surface area contributed by atoms with Gasteiger partial charge in [0.2, 0.25) is 0 Å². The molecule has 0 atom stereocenters.